The summed E-state index contributed by atoms with van der Waals surface area (Å²) in [6, 6.07) is 8.04. The van der Waals surface area contributed by atoms with Crippen LogP contribution in [0.5, 0.6) is 5.75 Å². The highest BCUT2D eigenvalue weighted by atomic mass is 19.2. The molecule has 2 aromatic carbocycles. The Kier molecular flexibility index (Phi) is 5.12. The van der Waals surface area contributed by atoms with Crippen LogP contribution >= 0.6 is 0 Å². The Bertz CT molecular complexity index is 763. The number of hydrogen-bond acceptors (Lipinski definition) is 4. The molecular weight excluding hydrogens is 339 g/mol. The van der Waals surface area contributed by atoms with Gasteiger partial charge in [0.15, 0.2) is 0 Å². The first-order valence-corrected chi connectivity index (χ1v) is 6.27. The summed E-state index contributed by atoms with van der Waals surface area (Å²) in [5, 5.41) is 0. The number of carbonyl (C=O) groups is 2. The van der Waals surface area contributed by atoms with Crippen LogP contribution in [0.4, 0.5) is 22.0 Å². The quantitative estimate of drug-likeness (QED) is 0.214. The van der Waals surface area contributed by atoms with Crippen LogP contribution < -0.4 is 4.74 Å². The highest BCUT2D eigenvalue weighted by Gasteiger charge is 2.30. The Morgan fingerprint density at radius 3 is 1.79 bits per heavy atom. The van der Waals surface area contributed by atoms with E-state index in [9.17, 15) is 31.5 Å². The molecule has 0 atom stereocenters. The van der Waals surface area contributed by atoms with E-state index < -0.39 is 46.8 Å². The molecule has 0 amide bonds. The van der Waals surface area contributed by atoms with Crippen molar-refractivity contribution in [3.8, 4) is 5.75 Å². The highest BCUT2D eigenvalue weighted by Crippen LogP contribution is 2.29. The summed E-state index contributed by atoms with van der Waals surface area (Å²) < 4.78 is 73.8. The Labute approximate surface area is 131 Å². The fourth-order valence-electron chi connectivity index (χ4n) is 1.59. The summed E-state index contributed by atoms with van der Waals surface area (Å²) in [6.45, 7) is -0.355. The van der Waals surface area contributed by atoms with E-state index in [0.717, 1.165) is 0 Å². The van der Waals surface area contributed by atoms with Crippen LogP contribution in [0.2, 0.25) is 0 Å². The summed E-state index contributed by atoms with van der Waals surface area (Å²) in [7, 11) is 0. The fourth-order valence-corrected chi connectivity index (χ4v) is 1.59. The van der Waals surface area contributed by atoms with Crippen LogP contribution in [0.25, 0.3) is 0 Å². The largest absolute Gasteiger partial charge is 0.452 e. The van der Waals surface area contributed by atoms with E-state index in [1.54, 1.807) is 30.3 Å². The third-order valence-electron chi connectivity index (χ3n) is 2.74. The molecule has 0 heterocycles. The van der Waals surface area contributed by atoms with Gasteiger partial charge in [-0.2, -0.15) is 8.78 Å². The number of esters is 2. The Morgan fingerprint density at radius 1 is 0.750 bits per heavy atom. The molecule has 0 N–H and O–H groups in total. The maximum absolute atomic E-state index is 13.3. The van der Waals surface area contributed by atoms with Gasteiger partial charge in [-0.25, -0.2) is 22.8 Å². The molecule has 0 unspecified atom stereocenters. The van der Waals surface area contributed by atoms with Crippen LogP contribution in [-0.4, -0.2) is 11.9 Å². The van der Waals surface area contributed by atoms with Gasteiger partial charge in [0.05, 0.1) is 0 Å². The molecule has 0 fully saturated rings. The summed E-state index contributed by atoms with van der Waals surface area (Å²) in [5.41, 5.74) is 0.495. The molecule has 9 heteroatoms. The van der Waals surface area contributed by atoms with Gasteiger partial charge in [0.25, 0.3) is 0 Å². The highest BCUT2D eigenvalue weighted by molar-refractivity contribution is 6.30. The fraction of sp³-hybridized carbons (Fsp3) is 0.0667. The molecule has 0 spiro atoms. The summed E-state index contributed by atoms with van der Waals surface area (Å²) in [5.74, 6) is -17.3. The maximum atomic E-state index is 13.3. The number of halogens is 5. The molecule has 0 aliphatic rings. The predicted octanol–water partition coefficient (Wildman–Crippen LogP) is 3.03. The van der Waals surface area contributed by atoms with Crippen molar-refractivity contribution in [1.29, 1.82) is 0 Å². The zero-order valence-electron chi connectivity index (χ0n) is 11.6. The molecule has 0 saturated carbocycles. The van der Waals surface area contributed by atoms with Gasteiger partial charge in [-0.15, -0.1) is 0 Å². The van der Waals surface area contributed by atoms with Gasteiger partial charge in [-0.1, -0.05) is 30.3 Å². The molecular formula is C15H7F5O4. The zero-order chi connectivity index (χ0) is 17.9. The molecule has 2 aromatic rings. The van der Waals surface area contributed by atoms with Crippen molar-refractivity contribution in [3.05, 3.63) is 65.0 Å². The molecule has 0 bridgehead atoms. The second kappa shape index (κ2) is 7.07. The normalized spacial score (nSPS) is 10.4. The van der Waals surface area contributed by atoms with E-state index in [4.69, 9.17) is 0 Å². The van der Waals surface area contributed by atoms with E-state index >= 15 is 0 Å². The Hall–Kier alpha value is -2.97. The van der Waals surface area contributed by atoms with Crippen LogP contribution in [0.15, 0.2) is 30.3 Å². The van der Waals surface area contributed by atoms with Gasteiger partial charge in [-0.3, -0.25) is 0 Å². The van der Waals surface area contributed by atoms with Crippen LogP contribution in [0, 0.1) is 29.1 Å². The van der Waals surface area contributed by atoms with Gasteiger partial charge in [0.1, 0.15) is 6.61 Å². The minimum Gasteiger partial charge on any atom is -0.452 e. The number of ether oxygens (including phenoxy) is 2. The van der Waals surface area contributed by atoms with Gasteiger partial charge >= 0.3 is 11.9 Å². The lowest BCUT2D eigenvalue weighted by Crippen LogP contribution is -2.24. The SMILES string of the molecule is O=C(OCc1ccccc1)C(=O)Oc1c(F)c(F)c(F)c(F)c1F. The average molecular weight is 346 g/mol. The van der Waals surface area contributed by atoms with E-state index in [0.29, 0.717) is 5.56 Å². The lowest BCUT2D eigenvalue weighted by Gasteiger charge is -2.08. The number of rotatable bonds is 3. The number of benzene rings is 2. The molecule has 0 saturated heterocycles. The molecule has 4 nitrogen and oxygen atoms in total. The van der Waals surface area contributed by atoms with E-state index in [-0.39, 0.29) is 6.61 Å². The van der Waals surface area contributed by atoms with Gasteiger partial charge < -0.3 is 9.47 Å². The average Bonchev–Trinajstić information content (AvgIpc) is 2.60. The standard InChI is InChI=1S/C15H7F5O4/c16-8-9(17)11(19)13(12(20)10(8)18)24-15(22)14(21)23-6-7-4-2-1-3-5-7/h1-5H,6H2. The molecule has 0 aliphatic carbocycles. The predicted molar refractivity (Wildman–Crippen MR) is 68.1 cm³/mol. The minimum absolute atomic E-state index is 0.355. The van der Waals surface area contributed by atoms with Crippen LogP contribution in [0.1, 0.15) is 5.56 Å². The number of carbonyl (C=O) groups excluding carboxylic acids is 2. The van der Waals surface area contributed by atoms with Crippen molar-refractivity contribution in [2.75, 3.05) is 0 Å². The van der Waals surface area contributed by atoms with Crippen LogP contribution in [0.3, 0.4) is 0 Å². The molecule has 24 heavy (non-hydrogen) atoms. The van der Waals surface area contributed by atoms with Crippen molar-refractivity contribution in [2.24, 2.45) is 0 Å². The van der Waals surface area contributed by atoms with E-state index in [2.05, 4.69) is 9.47 Å². The second-order valence-electron chi connectivity index (χ2n) is 4.35. The van der Waals surface area contributed by atoms with Crippen LogP contribution in [-0.2, 0) is 20.9 Å². The maximum Gasteiger partial charge on any atom is 0.423 e. The van der Waals surface area contributed by atoms with Crippen molar-refractivity contribution < 1.29 is 41.0 Å². The van der Waals surface area contributed by atoms with E-state index in [1.165, 1.54) is 0 Å². The first-order chi connectivity index (χ1) is 11.3. The first-order valence-electron chi connectivity index (χ1n) is 6.27. The number of hydrogen-bond donors (Lipinski definition) is 0. The topological polar surface area (TPSA) is 52.6 Å². The lowest BCUT2D eigenvalue weighted by molar-refractivity contribution is -0.163. The third kappa shape index (κ3) is 3.50. The first kappa shape index (κ1) is 17.4. The van der Waals surface area contributed by atoms with E-state index in [1.807, 2.05) is 0 Å². The van der Waals surface area contributed by atoms with Crippen molar-refractivity contribution in [3.63, 3.8) is 0 Å². The van der Waals surface area contributed by atoms with Gasteiger partial charge in [0.2, 0.25) is 34.8 Å². The second-order valence-corrected chi connectivity index (χ2v) is 4.35. The Morgan fingerprint density at radius 2 is 1.25 bits per heavy atom. The zero-order valence-corrected chi connectivity index (χ0v) is 11.6. The molecule has 0 aliphatic heterocycles. The molecule has 0 radical (unpaired) electrons. The third-order valence-corrected chi connectivity index (χ3v) is 2.74. The summed E-state index contributed by atoms with van der Waals surface area (Å²) in [4.78, 5) is 22.8. The molecule has 126 valence electrons. The Balaban J connectivity index is 2.11. The van der Waals surface area contributed by atoms with Gasteiger partial charge in [0, 0.05) is 0 Å². The molecule has 0 aromatic heterocycles. The summed E-state index contributed by atoms with van der Waals surface area (Å²) >= 11 is 0. The lowest BCUT2D eigenvalue weighted by atomic mass is 10.2. The van der Waals surface area contributed by atoms with Crippen molar-refractivity contribution >= 4 is 11.9 Å². The van der Waals surface area contributed by atoms with Crippen molar-refractivity contribution in [1.82, 2.24) is 0 Å². The smallest absolute Gasteiger partial charge is 0.423 e. The summed E-state index contributed by atoms with van der Waals surface area (Å²) in [6.07, 6.45) is 0. The van der Waals surface area contributed by atoms with Gasteiger partial charge in [-0.05, 0) is 5.56 Å². The van der Waals surface area contributed by atoms with Crippen molar-refractivity contribution in [2.45, 2.75) is 6.61 Å². The monoisotopic (exact) mass is 346 g/mol. The molecule has 2 rings (SSSR count). The minimum atomic E-state index is -2.42.